The van der Waals surface area contributed by atoms with Crippen molar-refractivity contribution in [3.63, 3.8) is 0 Å². The molecule has 5 heteroatoms. The number of hydrogen-bond donors (Lipinski definition) is 0. The number of hydrogen-bond acceptors (Lipinski definition) is 5. The molecule has 0 spiro atoms. The van der Waals surface area contributed by atoms with E-state index in [-0.39, 0.29) is 5.78 Å². The van der Waals surface area contributed by atoms with Crippen molar-refractivity contribution in [1.29, 1.82) is 0 Å². The highest BCUT2D eigenvalue weighted by Gasteiger charge is 2.13. The molecule has 4 nitrogen and oxygen atoms in total. The first kappa shape index (κ1) is 11.3. The van der Waals surface area contributed by atoms with E-state index in [1.807, 2.05) is 6.08 Å². The van der Waals surface area contributed by atoms with Crippen LogP contribution in [0.1, 0.15) is 11.8 Å². The van der Waals surface area contributed by atoms with Gasteiger partial charge in [-0.15, -0.1) is 0 Å². The number of carbonyl (C=O) groups is 1. The van der Waals surface area contributed by atoms with E-state index in [9.17, 15) is 4.79 Å². The average Bonchev–Trinajstić information content (AvgIpc) is 2.76. The summed E-state index contributed by atoms with van der Waals surface area (Å²) in [6.45, 7) is 4.85. The van der Waals surface area contributed by atoms with Gasteiger partial charge in [0.15, 0.2) is 10.9 Å². The maximum atomic E-state index is 10.8. The summed E-state index contributed by atoms with van der Waals surface area (Å²) in [7, 11) is 0. The molecule has 1 aromatic heterocycles. The Balaban J connectivity index is 2.03. The summed E-state index contributed by atoms with van der Waals surface area (Å²) in [6.07, 6.45) is 5.18. The van der Waals surface area contributed by atoms with Crippen LogP contribution in [0.4, 0.5) is 5.13 Å². The standard InChI is InChI=1S/C11H14N2O2S/c1-9(14)2-3-10-8-12-11(16-10)13-4-6-15-7-5-13/h2-3,8H,4-7H2,1H3/b3-2+. The minimum absolute atomic E-state index is 0.0568. The number of thiazole rings is 1. The summed E-state index contributed by atoms with van der Waals surface area (Å²) < 4.78 is 5.28. The van der Waals surface area contributed by atoms with Crippen LogP contribution >= 0.6 is 11.3 Å². The molecule has 0 radical (unpaired) electrons. The van der Waals surface area contributed by atoms with Gasteiger partial charge in [0.05, 0.1) is 13.2 Å². The molecular weight excluding hydrogens is 224 g/mol. The maximum absolute atomic E-state index is 10.8. The van der Waals surface area contributed by atoms with Crippen molar-refractivity contribution < 1.29 is 9.53 Å². The number of nitrogens with zero attached hydrogens (tertiary/aromatic N) is 2. The molecule has 1 fully saturated rings. The number of aromatic nitrogens is 1. The second kappa shape index (κ2) is 5.23. The molecule has 0 saturated carbocycles. The Morgan fingerprint density at radius 3 is 3.00 bits per heavy atom. The van der Waals surface area contributed by atoms with E-state index >= 15 is 0 Å². The smallest absolute Gasteiger partial charge is 0.185 e. The lowest BCUT2D eigenvalue weighted by atomic mass is 10.4. The molecule has 0 unspecified atom stereocenters. The number of allylic oxidation sites excluding steroid dienone is 1. The molecule has 1 aliphatic heterocycles. The van der Waals surface area contributed by atoms with Crippen molar-refractivity contribution >= 4 is 28.3 Å². The molecule has 0 aromatic carbocycles. The van der Waals surface area contributed by atoms with Crippen molar-refractivity contribution in [2.24, 2.45) is 0 Å². The average molecular weight is 238 g/mol. The van der Waals surface area contributed by atoms with Gasteiger partial charge in [-0.1, -0.05) is 11.3 Å². The minimum Gasteiger partial charge on any atom is -0.378 e. The van der Waals surface area contributed by atoms with Gasteiger partial charge in [-0.3, -0.25) is 4.79 Å². The van der Waals surface area contributed by atoms with E-state index in [2.05, 4.69) is 9.88 Å². The first-order valence-corrected chi connectivity index (χ1v) is 6.04. The van der Waals surface area contributed by atoms with Crippen LogP contribution < -0.4 is 4.90 Å². The highest BCUT2D eigenvalue weighted by atomic mass is 32.1. The zero-order chi connectivity index (χ0) is 11.4. The molecule has 1 aliphatic rings. The van der Waals surface area contributed by atoms with E-state index < -0.39 is 0 Å². The van der Waals surface area contributed by atoms with Gasteiger partial charge in [-0.05, 0) is 19.1 Å². The lowest BCUT2D eigenvalue weighted by Crippen LogP contribution is -2.36. The summed E-state index contributed by atoms with van der Waals surface area (Å²) >= 11 is 1.60. The Bertz CT molecular complexity index is 394. The molecule has 86 valence electrons. The lowest BCUT2D eigenvalue weighted by Gasteiger charge is -2.25. The van der Waals surface area contributed by atoms with Gasteiger partial charge in [0.1, 0.15) is 0 Å². The number of ketones is 1. The molecule has 0 bridgehead atoms. The molecule has 1 saturated heterocycles. The normalized spacial score (nSPS) is 16.9. The van der Waals surface area contributed by atoms with Crippen LogP contribution in [-0.4, -0.2) is 37.1 Å². The van der Waals surface area contributed by atoms with Crippen LogP contribution in [-0.2, 0) is 9.53 Å². The van der Waals surface area contributed by atoms with Gasteiger partial charge in [0.2, 0.25) is 0 Å². The molecule has 1 aromatic rings. The second-order valence-corrected chi connectivity index (χ2v) is 4.63. The zero-order valence-electron chi connectivity index (χ0n) is 9.18. The predicted octanol–water partition coefficient (Wildman–Crippen LogP) is 1.58. The van der Waals surface area contributed by atoms with Crippen LogP contribution in [0.2, 0.25) is 0 Å². The Hall–Kier alpha value is -1.20. The highest BCUT2D eigenvalue weighted by Crippen LogP contribution is 2.24. The first-order chi connectivity index (χ1) is 7.75. The quantitative estimate of drug-likeness (QED) is 0.750. The summed E-state index contributed by atoms with van der Waals surface area (Å²) in [6, 6.07) is 0. The van der Waals surface area contributed by atoms with Crippen LogP contribution in [0.3, 0.4) is 0 Å². The molecule has 16 heavy (non-hydrogen) atoms. The van der Waals surface area contributed by atoms with Crippen LogP contribution in [0.25, 0.3) is 6.08 Å². The Morgan fingerprint density at radius 2 is 2.31 bits per heavy atom. The first-order valence-electron chi connectivity index (χ1n) is 5.23. The Morgan fingerprint density at radius 1 is 1.56 bits per heavy atom. The van der Waals surface area contributed by atoms with Gasteiger partial charge >= 0.3 is 0 Å². The van der Waals surface area contributed by atoms with Gasteiger partial charge in [0.25, 0.3) is 0 Å². The number of morpholine rings is 1. The fourth-order valence-corrected chi connectivity index (χ4v) is 2.32. The van der Waals surface area contributed by atoms with Gasteiger partial charge < -0.3 is 9.64 Å². The van der Waals surface area contributed by atoms with E-state index in [1.165, 1.54) is 0 Å². The third-order valence-electron chi connectivity index (χ3n) is 2.28. The van der Waals surface area contributed by atoms with Gasteiger partial charge in [-0.2, -0.15) is 0 Å². The van der Waals surface area contributed by atoms with Gasteiger partial charge in [0, 0.05) is 24.2 Å². The zero-order valence-corrected chi connectivity index (χ0v) is 10.00. The molecule has 0 N–H and O–H groups in total. The summed E-state index contributed by atoms with van der Waals surface area (Å²) in [4.78, 5) is 18.4. The van der Waals surface area contributed by atoms with E-state index in [0.29, 0.717) is 0 Å². The second-order valence-electron chi connectivity index (χ2n) is 3.59. The van der Waals surface area contributed by atoms with Crippen LogP contribution in [0.15, 0.2) is 12.3 Å². The summed E-state index contributed by atoms with van der Waals surface area (Å²) in [5, 5.41) is 1.01. The monoisotopic (exact) mass is 238 g/mol. The van der Waals surface area contributed by atoms with E-state index in [4.69, 9.17) is 4.74 Å². The maximum Gasteiger partial charge on any atom is 0.185 e. The third-order valence-corrected chi connectivity index (χ3v) is 3.30. The Kier molecular flexibility index (Phi) is 3.69. The number of anilines is 1. The van der Waals surface area contributed by atoms with Crippen molar-refractivity contribution in [1.82, 2.24) is 4.98 Å². The van der Waals surface area contributed by atoms with Crippen molar-refractivity contribution in [3.05, 3.63) is 17.2 Å². The molecule has 0 aliphatic carbocycles. The molecule has 0 amide bonds. The molecule has 2 rings (SSSR count). The number of ether oxygens (including phenoxy) is 1. The SMILES string of the molecule is CC(=O)/C=C/c1cnc(N2CCOCC2)s1. The van der Waals surface area contributed by atoms with E-state index in [1.54, 1.807) is 30.5 Å². The fourth-order valence-electron chi connectivity index (χ4n) is 1.45. The number of rotatable bonds is 3. The van der Waals surface area contributed by atoms with E-state index in [0.717, 1.165) is 36.3 Å². The summed E-state index contributed by atoms with van der Waals surface area (Å²) in [5.74, 6) is 0.0568. The summed E-state index contributed by atoms with van der Waals surface area (Å²) in [5.41, 5.74) is 0. The Labute approximate surface area is 98.6 Å². The van der Waals surface area contributed by atoms with Crippen LogP contribution in [0, 0.1) is 0 Å². The number of carbonyl (C=O) groups excluding carboxylic acids is 1. The van der Waals surface area contributed by atoms with Crippen molar-refractivity contribution in [2.45, 2.75) is 6.92 Å². The van der Waals surface area contributed by atoms with Crippen molar-refractivity contribution in [2.75, 3.05) is 31.2 Å². The molecular formula is C11H14N2O2S. The fraction of sp³-hybridized carbons (Fsp3) is 0.455. The molecule has 0 atom stereocenters. The predicted molar refractivity (Wildman–Crippen MR) is 64.9 cm³/mol. The third kappa shape index (κ3) is 2.90. The largest absolute Gasteiger partial charge is 0.378 e. The van der Waals surface area contributed by atoms with Crippen molar-refractivity contribution in [3.8, 4) is 0 Å². The molecule has 2 heterocycles. The highest BCUT2D eigenvalue weighted by molar-refractivity contribution is 7.16. The van der Waals surface area contributed by atoms with Gasteiger partial charge in [-0.25, -0.2) is 4.98 Å². The minimum atomic E-state index is 0.0568. The lowest BCUT2D eigenvalue weighted by molar-refractivity contribution is -0.112. The topological polar surface area (TPSA) is 42.4 Å². The van der Waals surface area contributed by atoms with Crippen LogP contribution in [0.5, 0.6) is 0 Å².